The fraction of sp³-hybridized carbons (Fsp3) is 0.308. The third-order valence-corrected chi connectivity index (χ3v) is 3.04. The van der Waals surface area contributed by atoms with Gasteiger partial charge in [0.2, 0.25) is 0 Å². The number of aromatic nitrogens is 2. The molecule has 2 aromatic rings. The van der Waals surface area contributed by atoms with Crippen LogP contribution >= 0.6 is 0 Å². The molecule has 0 aliphatic rings. The van der Waals surface area contributed by atoms with Gasteiger partial charge in [-0.2, -0.15) is 5.10 Å². The summed E-state index contributed by atoms with van der Waals surface area (Å²) >= 11 is 0. The van der Waals surface area contributed by atoms with Gasteiger partial charge in [-0.15, -0.1) is 0 Å². The smallest absolute Gasteiger partial charge is 0.339 e. The Kier molecular flexibility index (Phi) is 3.88. The number of anilines is 1. The molecule has 0 radical (unpaired) electrons. The second-order valence-electron chi connectivity index (χ2n) is 4.29. The van der Waals surface area contributed by atoms with E-state index < -0.39 is 5.97 Å². The van der Waals surface area contributed by atoms with Crippen LogP contribution in [-0.4, -0.2) is 34.4 Å². The first kappa shape index (κ1) is 13.9. The maximum absolute atomic E-state index is 12.0. The molecule has 0 spiro atoms. The summed E-state index contributed by atoms with van der Waals surface area (Å²) in [5, 5.41) is 13.0. The van der Waals surface area contributed by atoms with Crippen molar-refractivity contribution in [3.8, 4) is 0 Å². The Hall–Kier alpha value is -2.57. The second kappa shape index (κ2) is 5.60. The van der Waals surface area contributed by atoms with Crippen LogP contribution in [0.4, 0.5) is 5.69 Å². The van der Waals surface area contributed by atoms with Crippen molar-refractivity contribution >= 4 is 11.7 Å². The SMILES string of the molecule is CCN(C)c1cnn(Cc2occc2C(=O)O)c(=O)c1. The van der Waals surface area contributed by atoms with Crippen molar-refractivity contribution in [3.05, 3.63) is 46.3 Å². The van der Waals surface area contributed by atoms with Crippen LogP contribution in [0.1, 0.15) is 23.0 Å². The Balaban J connectivity index is 2.28. The van der Waals surface area contributed by atoms with E-state index in [-0.39, 0.29) is 23.4 Å². The second-order valence-corrected chi connectivity index (χ2v) is 4.29. The van der Waals surface area contributed by atoms with Crippen molar-refractivity contribution in [2.45, 2.75) is 13.5 Å². The lowest BCUT2D eigenvalue weighted by Crippen LogP contribution is -2.26. The van der Waals surface area contributed by atoms with Gasteiger partial charge in [-0.25, -0.2) is 9.48 Å². The Morgan fingerprint density at radius 1 is 1.55 bits per heavy atom. The van der Waals surface area contributed by atoms with E-state index in [1.54, 1.807) is 6.20 Å². The molecule has 0 bridgehead atoms. The predicted molar refractivity (Wildman–Crippen MR) is 72.2 cm³/mol. The van der Waals surface area contributed by atoms with Crippen LogP contribution < -0.4 is 10.5 Å². The minimum atomic E-state index is -1.09. The summed E-state index contributed by atoms with van der Waals surface area (Å²) in [4.78, 5) is 24.8. The van der Waals surface area contributed by atoms with Gasteiger partial charge in [0.1, 0.15) is 17.9 Å². The molecule has 0 saturated carbocycles. The monoisotopic (exact) mass is 277 g/mol. The molecule has 20 heavy (non-hydrogen) atoms. The molecule has 0 amide bonds. The lowest BCUT2D eigenvalue weighted by atomic mass is 10.2. The maximum Gasteiger partial charge on any atom is 0.339 e. The molecule has 0 unspecified atom stereocenters. The summed E-state index contributed by atoms with van der Waals surface area (Å²) in [7, 11) is 1.86. The fourth-order valence-corrected chi connectivity index (χ4v) is 1.72. The third-order valence-electron chi connectivity index (χ3n) is 3.04. The summed E-state index contributed by atoms with van der Waals surface area (Å²) in [6.07, 6.45) is 2.84. The number of hydrogen-bond acceptors (Lipinski definition) is 5. The quantitative estimate of drug-likeness (QED) is 0.878. The predicted octanol–water partition coefficient (Wildman–Crippen LogP) is 1.04. The number of nitrogens with zero attached hydrogens (tertiary/aromatic N) is 3. The summed E-state index contributed by atoms with van der Waals surface area (Å²) in [6.45, 7) is 2.71. The lowest BCUT2D eigenvalue weighted by molar-refractivity contribution is 0.0694. The van der Waals surface area contributed by atoms with E-state index >= 15 is 0 Å². The molecule has 0 fully saturated rings. The molecule has 2 rings (SSSR count). The maximum atomic E-state index is 12.0. The first-order valence-electron chi connectivity index (χ1n) is 6.11. The normalized spacial score (nSPS) is 10.5. The topological polar surface area (TPSA) is 88.6 Å². The molecule has 0 atom stereocenters. The number of hydrogen-bond donors (Lipinski definition) is 1. The molecule has 0 aliphatic heterocycles. The highest BCUT2D eigenvalue weighted by Crippen LogP contribution is 2.12. The van der Waals surface area contributed by atoms with Gasteiger partial charge in [-0.05, 0) is 13.0 Å². The molecule has 0 saturated heterocycles. The lowest BCUT2D eigenvalue weighted by Gasteiger charge is -2.16. The third kappa shape index (κ3) is 2.71. The van der Waals surface area contributed by atoms with Crippen molar-refractivity contribution in [1.82, 2.24) is 9.78 Å². The average Bonchev–Trinajstić information content (AvgIpc) is 2.88. The summed E-state index contributed by atoms with van der Waals surface area (Å²) in [5.41, 5.74) is 0.440. The zero-order valence-corrected chi connectivity index (χ0v) is 11.2. The molecule has 2 aromatic heterocycles. The van der Waals surface area contributed by atoms with Gasteiger partial charge >= 0.3 is 5.97 Å². The van der Waals surface area contributed by atoms with Crippen LogP contribution in [0.25, 0.3) is 0 Å². The molecule has 2 heterocycles. The molecule has 106 valence electrons. The summed E-state index contributed by atoms with van der Waals surface area (Å²) in [6, 6.07) is 2.81. The van der Waals surface area contributed by atoms with Crippen LogP contribution in [0.3, 0.4) is 0 Å². The summed E-state index contributed by atoms with van der Waals surface area (Å²) < 4.78 is 6.26. The highest BCUT2D eigenvalue weighted by molar-refractivity contribution is 5.88. The minimum absolute atomic E-state index is 0.0103. The van der Waals surface area contributed by atoms with Crippen molar-refractivity contribution in [2.75, 3.05) is 18.5 Å². The van der Waals surface area contributed by atoms with Crippen LogP contribution in [0.2, 0.25) is 0 Å². The van der Waals surface area contributed by atoms with Gasteiger partial charge in [-0.1, -0.05) is 0 Å². The zero-order valence-electron chi connectivity index (χ0n) is 11.2. The van der Waals surface area contributed by atoms with Crippen LogP contribution in [0.15, 0.2) is 33.8 Å². The van der Waals surface area contributed by atoms with Crippen LogP contribution in [-0.2, 0) is 6.54 Å². The van der Waals surface area contributed by atoms with Gasteiger partial charge < -0.3 is 14.4 Å². The molecule has 7 nitrogen and oxygen atoms in total. The molecular formula is C13H15N3O4. The van der Waals surface area contributed by atoms with Gasteiger partial charge in [0, 0.05) is 19.7 Å². The van der Waals surface area contributed by atoms with Gasteiger partial charge in [-0.3, -0.25) is 4.79 Å². The highest BCUT2D eigenvalue weighted by Gasteiger charge is 2.15. The zero-order chi connectivity index (χ0) is 14.7. The Labute approximate surface area is 115 Å². The van der Waals surface area contributed by atoms with E-state index in [1.165, 1.54) is 18.4 Å². The van der Waals surface area contributed by atoms with Gasteiger partial charge in [0.25, 0.3) is 5.56 Å². The van der Waals surface area contributed by atoms with Crippen LogP contribution in [0, 0.1) is 0 Å². The molecule has 0 aromatic carbocycles. The minimum Gasteiger partial charge on any atom is -0.478 e. The Morgan fingerprint density at radius 2 is 2.30 bits per heavy atom. The van der Waals surface area contributed by atoms with E-state index in [2.05, 4.69) is 5.10 Å². The van der Waals surface area contributed by atoms with E-state index in [9.17, 15) is 9.59 Å². The van der Waals surface area contributed by atoms with E-state index in [0.717, 1.165) is 11.2 Å². The molecule has 1 N–H and O–H groups in total. The first-order chi connectivity index (χ1) is 9.52. The number of carboxylic acid groups (broad SMARTS) is 1. The number of carbonyl (C=O) groups is 1. The first-order valence-corrected chi connectivity index (χ1v) is 6.11. The fourth-order valence-electron chi connectivity index (χ4n) is 1.72. The van der Waals surface area contributed by atoms with E-state index in [4.69, 9.17) is 9.52 Å². The molecular weight excluding hydrogens is 262 g/mol. The van der Waals surface area contributed by atoms with E-state index in [1.807, 2.05) is 18.9 Å². The summed E-state index contributed by atoms with van der Waals surface area (Å²) in [5.74, 6) is -0.896. The standard InChI is InChI=1S/C13H15N3O4/c1-3-15(2)9-6-12(17)16(14-7-9)8-11-10(13(18)19)4-5-20-11/h4-7H,3,8H2,1-2H3,(H,18,19). The highest BCUT2D eigenvalue weighted by atomic mass is 16.4. The van der Waals surface area contributed by atoms with Crippen molar-refractivity contribution in [2.24, 2.45) is 0 Å². The van der Waals surface area contributed by atoms with Crippen molar-refractivity contribution in [3.63, 3.8) is 0 Å². The van der Waals surface area contributed by atoms with Gasteiger partial charge in [0.15, 0.2) is 0 Å². The molecule has 7 heteroatoms. The van der Waals surface area contributed by atoms with Crippen molar-refractivity contribution in [1.29, 1.82) is 0 Å². The van der Waals surface area contributed by atoms with Crippen molar-refractivity contribution < 1.29 is 14.3 Å². The Bertz CT molecular complexity index is 674. The van der Waals surface area contributed by atoms with Gasteiger partial charge in [0.05, 0.1) is 18.1 Å². The number of aromatic carboxylic acids is 1. The van der Waals surface area contributed by atoms with E-state index in [0.29, 0.717) is 5.69 Å². The molecule has 0 aliphatic carbocycles. The average molecular weight is 277 g/mol. The largest absolute Gasteiger partial charge is 0.478 e. The number of rotatable bonds is 5. The number of carboxylic acids is 1. The Morgan fingerprint density at radius 3 is 2.90 bits per heavy atom. The van der Waals surface area contributed by atoms with Crippen LogP contribution in [0.5, 0.6) is 0 Å². The number of furan rings is 1.